The number of fused-ring (bicyclic) bond motifs is 1. The first-order chi connectivity index (χ1) is 12.5. The molecule has 1 aromatic heterocycles. The van der Waals surface area contributed by atoms with Crippen LogP contribution in [0.3, 0.4) is 0 Å². The Morgan fingerprint density at radius 3 is 2.69 bits per heavy atom. The zero-order chi connectivity index (χ0) is 18.7. The molecule has 138 valence electrons. The van der Waals surface area contributed by atoms with Crippen LogP contribution in [0.2, 0.25) is 0 Å². The van der Waals surface area contributed by atoms with Gasteiger partial charge < -0.3 is 15.2 Å². The van der Waals surface area contributed by atoms with Gasteiger partial charge >= 0.3 is 0 Å². The van der Waals surface area contributed by atoms with E-state index in [4.69, 9.17) is 0 Å². The molecular formula is C20H26N4O2. The zero-order valence-electron chi connectivity index (χ0n) is 15.6. The Kier molecular flexibility index (Phi) is 5.40. The minimum absolute atomic E-state index is 0.0294. The minimum atomic E-state index is -0.236. The monoisotopic (exact) mass is 354 g/mol. The molecule has 0 aliphatic carbocycles. The van der Waals surface area contributed by atoms with E-state index in [2.05, 4.69) is 15.6 Å². The topological polar surface area (TPSA) is 76.0 Å². The van der Waals surface area contributed by atoms with Gasteiger partial charge in [-0.15, -0.1) is 0 Å². The van der Waals surface area contributed by atoms with E-state index in [1.165, 1.54) is 0 Å². The van der Waals surface area contributed by atoms with Gasteiger partial charge in [0.1, 0.15) is 5.69 Å². The van der Waals surface area contributed by atoms with Gasteiger partial charge in [-0.3, -0.25) is 9.59 Å². The van der Waals surface area contributed by atoms with Crippen molar-refractivity contribution in [3.8, 4) is 0 Å². The van der Waals surface area contributed by atoms with Gasteiger partial charge in [0.05, 0.1) is 5.69 Å². The number of nitrogens with one attached hydrogen (secondary N) is 2. The van der Waals surface area contributed by atoms with Gasteiger partial charge in [-0.2, -0.15) is 0 Å². The fourth-order valence-corrected chi connectivity index (χ4v) is 3.29. The summed E-state index contributed by atoms with van der Waals surface area (Å²) >= 11 is 0. The highest BCUT2D eigenvalue weighted by atomic mass is 16.2. The van der Waals surface area contributed by atoms with E-state index in [1.807, 2.05) is 49.6 Å². The average molecular weight is 354 g/mol. The molecule has 1 aliphatic rings. The molecule has 0 saturated heterocycles. The Morgan fingerprint density at radius 1 is 1.19 bits per heavy atom. The summed E-state index contributed by atoms with van der Waals surface area (Å²) in [6, 6.07) is 7.98. The van der Waals surface area contributed by atoms with E-state index in [-0.39, 0.29) is 17.9 Å². The van der Waals surface area contributed by atoms with Crippen LogP contribution in [0.15, 0.2) is 24.3 Å². The van der Waals surface area contributed by atoms with E-state index in [9.17, 15) is 9.59 Å². The lowest BCUT2D eigenvalue weighted by Gasteiger charge is -2.17. The van der Waals surface area contributed by atoms with Crippen molar-refractivity contribution in [1.29, 1.82) is 0 Å². The summed E-state index contributed by atoms with van der Waals surface area (Å²) in [5, 5.41) is 5.83. The number of benzene rings is 1. The molecule has 0 radical (unpaired) electrons. The number of carbonyl (C=O) groups excluding carboxylic acids is 2. The molecule has 6 nitrogen and oxygen atoms in total. The lowest BCUT2D eigenvalue weighted by atomic mass is 10.1. The van der Waals surface area contributed by atoms with Crippen molar-refractivity contribution < 1.29 is 9.59 Å². The fourth-order valence-electron chi connectivity index (χ4n) is 3.29. The third kappa shape index (κ3) is 3.79. The highest BCUT2D eigenvalue weighted by Gasteiger charge is 2.27. The van der Waals surface area contributed by atoms with Crippen molar-refractivity contribution in [2.45, 2.75) is 59.2 Å². The summed E-state index contributed by atoms with van der Waals surface area (Å²) in [6.07, 6.45) is 2.78. The summed E-state index contributed by atoms with van der Waals surface area (Å²) in [5.74, 6) is -0.106. The molecule has 2 N–H and O–H groups in total. The maximum absolute atomic E-state index is 12.7. The molecule has 26 heavy (non-hydrogen) atoms. The van der Waals surface area contributed by atoms with E-state index in [0.717, 1.165) is 42.6 Å². The van der Waals surface area contributed by atoms with Crippen molar-refractivity contribution in [2.75, 3.05) is 0 Å². The third-order valence-electron chi connectivity index (χ3n) is 4.66. The lowest BCUT2D eigenvalue weighted by molar-refractivity contribution is 0.0934. The van der Waals surface area contributed by atoms with Crippen molar-refractivity contribution >= 4 is 11.8 Å². The standard InChI is InChI=1S/C20H26N4O2/c1-13(2)22-19(25)17-16-10-6-7-11-24(16)18(23-17)20(26)21-12-15-9-5-4-8-14(15)3/h4-5,8-9,13H,6-7,10-12H2,1-3H3,(H,21,26)(H,22,25). The largest absolute Gasteiger partial charge is 0.348 e. The first kappa shape index (κ1) is 18.2. The number of carbonyl (C=O) groups is 2. The molecule has 0 saturated carbocycles. The van der Waals surface area contributed by atoms with Crippen LogP contribution in [-0.4, -0.2) is 27.4 Å². The first-order valence-corrected chi connectivity index (χ1v) is 9.20. The van der Waals surface area contributed by atoms with Crippen LogP contribution in [0.1, 0.15) is 64.6 Å². The van der Waals surface area contributed by atoms with Crippen molar-refractivity contribution in [3.05, 3.63) is 52.6 Å². The van der Waals surface area contributed by atoms with Crippen LogP contribution in [0.25, 0.3) is 0 Å². The van der Waals surface area contributed by atoms with Crippen molar-refractivity contribution in [1.82, 2.24) is 20.2 Å². The molecular weight excluding hydrogens is 328 g/mol. The molecule has 2 heterocycles. The maximum Gasteiger partial charge on any atom is 0.287 e. The fraction of sp³-hybridized carbons (Fsp3) is 0.450. The Bertz CT molecular complexity index is 823. The third-order valence-corrected chi connectivity index (χ3v) is 4.66. The van der Waals surface area contributed by atoms with E-state index < -0.39 is 0 Å². The highest BCUT2D eigenvalue weighted by molar-refractivity contribution is 5.97. The number of amides is 2. The molecule has 0 spiro atoms. The average Bonchev–Trinajstić information content (AvgIpc) is 3.00. The van der Waals surface area contributed by atoms with Gasteiger partial charge in [-0.05, 0) is 51.2 Å². The van der Waals surface area contributed by atoms with Crippen molar-refractivity contribution in [3.63, 3.8) is 0 Å². The van der Waals surface area contributed by atoms with Crippen LogP contribution in [0.4, 0.5) is 0 Å². The van der Waals surface area contributed by atoms with Gasteiger partial charge in [-0.1, -0.05) is 24.3 Å². The maximum atomic E-state index is 12.7. The van der Waals surface area contributed by atoms with Crippen molar-refractivity contribution in [2.24, 2.45) is 0 Å². The smallest absolute Gasteiger partial charge is 0.287 e. The number of rotatable bonds is 5. The Labute approximate surface area is 154 Å². The van der Waals surface area contributed by atoms with E-state index in [0.29, 0.717) is 18.1 Å². The summed E-state index contributed by atoms with van der Waals surface area (Å²) in [4.78, 5) is 29.6. The zero-order valence-corrected chi connectivity index (χ0v) is 15.6. The molecule has 2 aromatic rings. The molecule has 6 heteroatoms. The summed E-state index contributed by atoms with van der Waals surface area (Å²) in [5.41, 5.74) is 3.47. The second kappa shape index (κ2) is 7.72. The van der Waals surface area contributed by atoms with Gasteiger partial charge in [0, 0.05) is 19.1 Å². The Balaban J connectivity index is 1.82. The number of imidazole rings is 1. The first-order valence-electron chi connectivity index (χ1n) is 9.20. The van der Waals surface area contributed by atoms with Gasteiger partial charge in [0.25, 0.3) is 11.8 Å². The molecule has 1 aromatic carbocycles. The molecule has 2 amide bonds. The molecule has 0 fully saturated rings. The van der Waals surface area contributed by atoms with E-state index >= 15 is 0 Å². The summed E-state index contributed by atoms with van der Waals surface area (Å²) in [6.45, 7) is 7.02. The van der Waals surface area contributed by atoms with Crippen LogP contribution < -0.4 is 10.6 Å². The number of hydrogen-bond acceptors (Lipinski definition) is 3. The molecule has 3 rings (SSSR count). The summed E-state index contributed by atoms with van der Waals surface area (Å²) in [7, 11) is 0. The SMILES string of the molecule is Cc1ccccc1CNC(=O)c1nc(C(=O)NC(C)C)c2n1CCCC2. The number of aromatic nitrogens is 2. The van der Waals surface area contributed by atoms with Crippen LogP contribution in [0, 0.1) is 6.92 Å². The predicted octanol–water partition coefficient (Wildman–Crippen LogP) is 2.60. The highest BCUT2D eigenvalue weighted by Crippen LogP contribution is 2.21. The molecule has 0 unspecified atom stereocenters. The van der Waals surface area contributed by atoms with E-state index in [1.54, 1.807) is 0 Å². The molecule has 0 bridgehead atoms. The van der Waals surface area contributed by atoms with Gasteiger partial charge in [0.2, 0.25) is 0 Å². The lowest BCUT2D eigenvalue weighted by Crippen LogP contribution is -2.31. The second-order valence-corrected chi connectivity index (χ2v) is 7.08. The van der Waals surface area contributed by atoms with Gasteiger partial charge in [0.15, 0.2) is 5.82 Å². The minimum Gasteiger partial charge on any atom is -0.348 e. The predicted molar refractivity (Wildman–Crippen MR) is 100 cm³/mol. The Morgan fingerprint density at radius 2 is 1.96 bits per heavy atom. The number of aryl methyl sites for hydroxylation is 1. The van der Waals surface area contributed by atoms with Crippen LogP contribution >= 0.6 is 0 Å². The quantitative estimate of drug-likeness (QED) is 0.866. The number of nitrogens with zero attached hydrogens (tertiary/aromatic N) is 2. The van der Waals surface area contributed by atoms with Crippen LogP contribution in [-0.2, 0) is 19.5 Å². The number of hydrogen-bond donors (Lipinski definition) is 2. The normalized spacial score (nSPS) is 13.4. The van der Waals surface area contributed by atoms with Crippen LogP contribution in [0.5, 0.6) is 0 Å². The van der Waals surface area contributed by atoms with Gasteiger partial charge in [-0.25, -0.2) is 4.98 Å². The molecule has 0 atom stereocenters. The second-order valence-electron chi connectivity index (χ2n) is 7.08. The molecule has 1 aliphatic heterocycles. The Hall–Kier alpha value is -2.63. The summed E-state index contributed by atoms with van der Waals surface area (Å²) < 4.78 is 1.91.